The number of likely N-dealkylation sites (tertiary alicyclic amines) is 1. The van der Waals surface area contributed by atoms with Crippen LogP contribution in [0.25, 0.3) is 0 Å². The van der Waals surface area contributed by atoms with Gasteiger partial charge in [0.2, 0.25) is 5.91 Å². The second kappa shape index (κ2) is 11.5. The molecule has 1 fully saturated rings. The summed E-state index contributed by atoms with van der Waals surface area (Å²) in [6.07, 6.45) is 2.47. The van der Waals surface area contributed by atoms with Gasteiger partial charge in [0.05, 0.1) is 5.69 Å². The SMILES string of the molecule is CCNC(=NCC1CC(=O)N(CCc2ccccc2)C1)NCCCn1nc(C)cc1C. The lowest BCUT2D eigenvalue weighted by Gasteiger charge is -2.16. The molecule has 2 aromatic rings. The van der Waals surface area contributed by atoms with Gasteiger partial charge in [-0.15, -0.1) is 0 Å². The molecule has 1 atom stereocenters. The van der Waals surface area contributed by atoms with E-state index in [0.29, 0.717) is 13.0 Å². The van der Waals surface area contributed by atoms with Crippen molar-refractivity contribution >= 4 is 11.9 Å². The molecule has 7 nitrogen and oxygen atoms in total. The van der Waals surface area contributed by atoms with E-state index in [1.807, 2.05) is 30.0 Å². The van der Waals surface area contributed by atoms with E-state index in [2.05, 4.69) is 52.5 Å². The van der Waals surface area contributed by atoms with Crippen LogP contribution in [-0.2, 0) is 17.8 Å². The maximum Gasteiger partial charge on any atom is 0.223 e. The van der Waals surface area contributed by atoms with Gasteiger partial charge in [-0.25, -0.2) is 0 Å². The molecule has 168 valence electrons. The molecule has 1 unspecified atom stereocenters. The van der Waals surface area contributed by atoms with Crippen molar-refractivity contribution in [2.24, 2.45) is 10.9 Å². The standard InChI is InChI=1S/C24H36N6O/c1-4-25-24(26-12-8-13-30-20(3)15-19(2)28-30)27-17-22-16-23(31)29(18-22)14-11-21-9-6-5-7-10-21/h5-7,9-10,15,22H,4,8,11-14,16-18H2,1-3H3,(H2,25,26,27). The zero-order chi connectivity index (χ0) is 22.1. The summed E-state index contributed by atoms with van der Waals surface area (Å²) in [6.45, 7) is 11.0. The topological polar surface area (TPSA) is 74.6 Å². The third kappa shape index (κ3) is 7.12. The molecule has 2 heterocycles. The van der Waals surface area contributed by atoms with Crippen LogP contribution < -0.4 is 10.6 Å². The molecule has 1 aromatic carbocycles. The fraction of sp³-hybridized carbons (Fsp3) is 0.542. The molecule has 0 bridgehead atoms. The molecular weight excluding hydrogens is 388 g/mol. The largest absolute Gasteiger partial charge is 0.357 e. The van der Waals surface area contributed by atoms with Crippen molar-refractivity contribution in [2.45, 2.75) is 46.6 Å². The second-order valence-corrected chi connectivity index (χ2v) is 8.30. The fourth-order valence-electron chi connectivity index (χ4n) is 4.00. The minimum atomic E-state index is 0.249. The van der Waals surface area contributed by atoms with Crippen LogP contribution in [0.1, 0.15) is 36.7 Å². The van der Waals surface area contributed by atoms with Gasteiger partial charge in [-0.2, -0.15) is 5.10 Å². The molecule has 0 spiro atoms. The third-order valence-electron chi connectivity index (χ3n) is 5.60. The lowest BCUT2D eigenvalue weighted by molar-refractivity contribution is -0.127. The van der Waals surface area contributed by atoms with Crippen molar-refractivity contribution in [3.8, 4) is 0 Å². The Labute approximate surface area is 185 Å². The highest BCUT2D eigenvalue weighted by atomic mass is 16.2. The first-order valence-electron chi connectivity index (χ1n) is 11.4. The van der Waals surface area contributed by atoms with Crippen LogP contribution in [-0.4, -0.2) is 59.3 Å². The van der Waals surface area contributed by atoms with E-state index in [1.54, 1.807) is 0 Å². The van der Waals surface area contributed by atoms with Crippen molar-refractivity contribution in [3.63, 3.8) is 0 Å². The molecule has 0 saturated carbocycles. The highest BCUT2D eigenvalue weighted by molar-refractivity contribution is 5.80. The summed E-state index contributed by atoms with van der Waals surface area (Å²) in [7, 11) is 0. The van der Waals surface area contributed by atoms with E-state index < -0.39 is 0 Å². The van der Waals surface area contributed by atoms with E-state index in [-0.39, 0.29) is 11.8 Å². The lowest BCUT2D eigenvalue weighted by atomic mass is 10.1. The second-order valence-electron chi connectivity index (χ2n) is 8.30. The van der Waals surface area contributed by atoms with Gasteiger partial charge >= 0.3 is 0 Å². The predicted octanol–water partition coefficient (Wildman–Crippen LogP) is 2.54. The van der Waals surface area contributed by atoms with Gasteiger partial charge in [0.25, 0.3) is 0 Å². The smallest absolute Gasteiger partial charge is 0.223 e. The molecule has 0 radical (unpaired) electrons. The highest BCUT2D eigenvalue weighted by Crippen LogP contribution is 2.18. The molecule has 31 heavy (non-hydrogen) atoms. The van der Waals surface area contributed by atoms with E-state index in [4.69, 9.17) is 4.99 Å². The quantitative estimate of drug-likeness (QED) is 0.349. The Hall–Kier alpha value is -2.83. The number of carbonyl (C=O) groups is 1. The number of nitrogens with one attached hydrogen (secondary N) is 2. The lowest BCUT2D eigenvalue weighted by Crippen LogP contribution is -2.38. The molecule has 1 saturated heterocycles. The number of rotatable bonds is 10. The average molecular weight is 425 g/mol. The summed E-state index contributed by atoms with van der Waals surface area (Å²) < 4.78 is 2.05. The Kier molecular flexibility index (Phi) is 8.50. The Morgan fingerprint density at radius 2 is 2.00 bits per heavy atom. The molecular formula is C24H36N6O. The first kappa shape index (κ1) is 22.8. The summed E-state index contributed by atoms with van der Waals surface area (Å²) in [5, 5.41) is 11.2. The van der Waals surface area contributed by atoms with E-state index in [9.17, 15) is 4.79 Å². The molecule has 2 N–H and O–H groups in total. The molecule has 3 rings (SSSR count). The van der Waals surface area contributed by atoms with E-state index in [1.165, 1.54) is 11.3 Å². The monoisotopic (exact) mass is 424 g/mol. The summed E-state index contributed by atoms with van der Waals surface area (Å²) in [4.78, 5) is 19.1. The number of hydrogen-bond donors (Lipinski definition) is 2. The minimum Gasteiger partial charge on any atom is -0.357 e. The number of carbonyl (C=O) groups excluding carboxylic acids is 1. The van der Waals surface area contributed by atoms with Crippen molar-refractivity contribution in [3.05, 3.63) is 53.3 Å². The van der Waals surface area contributed by atoms with Gasteiger partial charge in [-0.3, -0.25) is 14.5 Å². The normalized spacial score (nSPS) is 16.7. The van der Waals surface area contributed by atoms with Crippen molar-refractivity contribution < 1.29 is 4.79 Å². The Bertz CT molecular complexity index is 860. The van der Waals surface area contributed by atoms with E-state index in [0.717, 1.165) is 57.2 Å². The van der Waals surface area contributed by atoms with Crippen molar-refractivity contribution in [1.29, 1.82) is 0 Å². The van der Waals surface area contributed by atoms with Crippen LogP contribution in [0.2, 0.25) is 0 Å². The Morgan fingerprint density at radius 1 is 1.19 bits per heavy atom. The molecule has 7 heteroatoms. The first-order valence-corrected chi connectivity index (χ1v) is 11.4. The molecule has 1 amide bonds. The number of benzene rings is 1. The van der Waals surface area contributed by atoms with Crippen LogP contribution >= 0.6 is 0 Å². The zero-order valence-electron chi connectivity index (χ0n) is 19.1. The number of amides is 1. The summed E-state index contributed by atoms with van der Waals surface area (Å²) in [6, 6.07) is 12.5. The van der Waals surface area contributed by atoms with E-state index >= 15 is 0 Å². The fourth-order valence-corrected chi connectivity index (χ4v) is 4.00. The number of aromatic nitrogens is 2. The molecule has 1 aromatic heterocycles. The minimum absolute atomic E-state index is 0.249. The summed E-state index contributed by atoms with van der Waals surface area (Å²) in [5.41, 5.74) is 3.53. The summed E-state index contributed by atoms with van der Waals surface area (Å²) >= 11 is 0. The van der Waals surface area contributed by atoms with Crippen LogP contribution in [0.3, 0.4) is 0 Å². The van der Waals surface area contributed by atoms with Crippen LogP contribution in [0.15, 0.2) is 41.4 Å². The van der Waals surface area contributed by atoms with Crippen LogP contribution in [0.4, 0.5) is 0 Å². The van der Waals surface area contributed by atoms with Gasteiger partial charge < -0.3 is 15.5 Å². The van der Waals surface area contributed by atoms with Gasteiger partial charge in [-0.05, 0) is 45.2 Å². The van der Waals surface area contributed by atoms with Crippen molar-refractivity contribution in [2.75, 3.05) is 32.7 Å². The van der Waals surface area contributed by atoms with Gasteiger partial charge in [0, 0.05) is 57.3 Å². The maximum atomic E-state index is 12.4. The highest BCUT2D eigenvalue weighted by Gasteiger charge is 2.28. The van der Waals surface area contributed by atoms with Crippen LogP contribution in [0, 0.1) is 19.8 Å². The molecule has 1 aliphatic rings. The summed E-state index contributed by atoms with van der Waals surface area (Å²) in [5.74, 6) is 1.36. The first-order chi connectivity index (χ1) is 15.0. The number of nitrogens with zero attached hydrogens (tertiary/aromatic N) is 4. The number of hydrogen-bond acceptors (Lipinski definition) is 3. The predicted molar refractivity (Wildman–Crippen MR) is 125 cm³/mol. The van der Waals surface area contributed by atoms with Gasteiger partial charge in [0.1, 0.15) is 0 Å². The number of aliphatic imine (C=N–C) groups is 1. The van der Waals surface area contributed by atoms with Crippen LogP contribution in [0.5, 0.6) is 0 Å². The Balaban J connectivity index is 1.41. The number of aryl methyl sites for hydroxylation is 3. The number of guanidine groups is 1. The van der Waals surface area contributed by atoms with Gasteiger partial charge in [-0.1, -0.05) is 30.3 Å². The molecule has 0 aliphatic carbocycles. The third-order valence-corrected chi connectivity index (χ3v) is 5.60. The zero-order valence-corrected chi connectivity index (χ0v) is 19.1. The Morgan fingerprint density at radius 3 is 2.71 bits per heavy atom. The average Bonchev–Trinajstić information content (AvgIpc) is 3.28. The maximum absolute atomic E-state index is 12.4. The molecule has 1 aliphatic heterocycles. The van der Waals surface area contributed by atoms with Crippen molar-refractivity contribution in [1.82, 2.24) is 25.3 Å². The van der Waals surface area contributed by atoms with Gasteiger partial charge in [0.15, 0.2) is 5.96 Å².